The molecule has 154 valence electrons. The second-order valence-corrected chi connectivity index (χ2v) is 7.19. The zero-order valence-corrected chi connectivity index (χ0v) is 17.2. The summed E-state index contributed by atoms with van der Waals surface area (Å²) in [7, 11) is 0. The Kier molecular flexibility index (Phi) is 6.54. The Bertz CT molecular complexity index is 897. The molecule has 2 heterocycles. The molecule has 1 aliphatic rings. The number of ketones is 1. The van der Waals surface area contributed by atoms with Crippen LogP contribution in [0.3, 0.4) is 0 Å². The second kappa shape index (κ2) is 9.09. The fourth-order valence-electron chi connectivity index (χ4n) is 3.76. The standard InChI is InChI=1S/C23H28N2O4/c1-4-24(5-2)14-9-15-25-20(18-13-12-16(3)29-18)19(22(27)23(25)28)21(26)17-10-7-6-8-11-17/h6-8,10-13,20,26H,4-5,9,14-15H2,1-3H3/b21-19+/t20-/m0/s1. The third-order valence-corrected chi connectivity index (χ3v) is 5.39. The molecule has 6 nitrogen and oxygen atoms in total. The monoisotopic (exact) mass is 396 g/mol. The number of Topliss-reactive ketones (excluding diaryl/α,β-unsaturated/α-hetero) is 1. The topological polar surface area (TPSA) is 74.0 Å². The minimum atomic E-state index is -0.722. The third kappa shape index (κ3) is 4.27. The Hall–Kier alpha value is -2.86. The SMILES string of the molecule is CCN(CC)CCCN1C(=O)C(=O)/C(=C(/O)c2ccccc2)[C@@H]1c1ccc(C)o1. The van der Waals surface area contributed by atoms with Crippen molar-refractivity contribution in [3.8, 4) is 0 Å². The Morgan fingerprint density at radius 3 is 2.38 bits per heavy atom. The van der Waals surface area contributed by atoms with Gasteiger partial charge in [0.05, 0.1) is 5.57 Å². The maximum absolute atomic E-state index is 12.9. The summed E-state index contributed by atoms with van der Waals surface area (Å²) in [5.74, 6) is -0.265. The first-order chi connectivity index (χ1) is 14.0. The summed E-state index contributed by atoms with van der Waals surface area (Å²) in [6.45, 7) is 9.12. The molecule has 0 saturated carbocycles. The van der Waals surface area contributed by atoms with Crippen molar-refractivity contribution in [2.75, 3.05) is 26.2 Å². The highest BCUT2D eigenvalue weighted by Gasteiger charge is 2.47. The number of furan rings is 1. The van der Waals surface area contributed by atoms with Gasteiger partial charge in [-0.1, -0.05) is 44.2 Å². The van der Waals surface area contributed by atoms with Gasteiger partial charge in [0.1, 0.15) is 23.3 Å². The molecule has 0 radical (unpaired) electrons. The van der Waals surface area contributed by atoms with E-state index >= 15 is 0 Å². The first kappa shape index (κ1) is 20.9. The number of amides is 1. The molecule has 1 saturated heterocycles. The van der Waals surface area contributed by atoms with E-state index in [1.54, 1.807) is 36.4 Å². The van der Waals surface area contributed by atoms with Crippen LogP contribution in [0.1, 0.15) is 43.4 Å². The molecule has 1 amide bonds. The van der Waals surface area contributed by atoms with Crippen LogP contribution >= 0.6 is 0 Å². The van der Waals surface area contributed by atoms with Gasteiger partial charge in [0, 0.05) is 12.1 Å². The van der Waals surface area contributed by atoms with Crippen LogP contribution in [0.25, 0.3) is 5.76 Å². The highest BCUT2D eigenvalue weighted by atomic mass is 16.3. The summed E-state index contributed by atoms with van der Waals surface area (Å²) in [4.78, 5) is 29.5. The number of aryl methyl sites for hydroxylation is 1. The lowest BCUT2D eigenvalue weighted by Gasteiger charge is -2.25. The molecule has 1 aliphatic heterocycles. The van der Waals surface area contributed by atoms with Crippen molar-refractivity contribution < 1.29 is 19.1 Å². The van der Waals surface area contributed by atoms with E-state index < -0.39 is 17.7 Å². The first-order valence-electron chi connectivity index (χ1n) is 10.1. The van der Waals surface area contributed by atoms with Crippen molar-refractivity contribution >= 4 is 17.4 Å². The lowest BCUT2D eigenvalue weighted by molar-refractivity contribution is -0.140. The zero-order chi connectivity index (χ0) is 21.0. The average molecular weight is 396 g/mol. The summed E-state index contributed by atoms with van der Waals surface area (Å²) in [5, 5.41) is 10.9. The van der Waals surface area contributed by atoms with Gasteiger partial charge < -0.3 is 19.3 Å². The Balaban J connectivity index is 1.97. The van der Waals surface area contributed by atoms with Crippen molar-refractivity contribution in [1.82, 2.24) is 9.80 Å². The maximum Gasteiger partial charge on any atom is 0.295 e. The molecule has 1 atom stereocenters. The normalized spacial score (nSPS) is 18.8. The molecule has 2 aromatic rings. The number of carbonyl (C=O) groups is 2. The number of hydrogen-bond acceptors (Lipinski definition) is 5. The van der Waals surface area contributed by atoms with E-state index in [4.69, 9.17) is 4.42 Å². The fraction of sp³-hybridized carbons (Fsp3) is 0.391. The average Bonchev–Trinajstić information content (AvgIpc) is 3.27. The van der Waals surface area contributed by atoms with Gasteiger partial charge in [0.25, 0.3) is 11.7 Å². The van der Waals surface area contributed by atoms with Crippen LogP contribution in [0.2, 0.25) is 0 Å². The molecule has 0 unspecified atom stereocenters. The Labute approximate surface area is 171 Å². The molecule has 3 rings (SSSR count). The van der Waals surface area contributed by atoms with Crippen LogP contribution in [0.15, 0.2) is 52.5 Å². The number of benzene rings is 1. The van der Waals surface area contributed by atoms with Gasteiger partial charge in [-0.25, -0.2) is 0 Å². The second-order valence-electron chi connectivity index (χ2n) is 7.19. The predicted octanol–water partition coefficient (Wildman–Crippen LogP) is 3.74. The summed E-state index contributed by atoms with van der Waals surface area (Å²) in [6.07, 6.45) is 0.732. The van der Waals surface area contributed by atoms with E-state index in [1.807, 2.05) is 13.0 Å². The van der Waals surface area contributed by atoms with Gasteiger partial charge in [-0.05, 0) is 45.1 Å². The number of aliphatic hydroxyl groups excluding tert-OH is 1. The number of nitrogens with zero attached hydrogens (tertiary/aromatic N) is 2. The largest absolute Gasteiger partial charge is 0.507 e. The lowest BCUT2D eigenvalue weighted by atomic mass is 9.99. The van der Waals surface area contributed by atoms with Gasteiger partial charge in [0.15, 0.2) is 0 Å². The molecular formula is C23H28N2O4. The van der Waals surface area contributed by atoms with E-state index in [2.05, 4.69) is 18.7 Å². The number of rotatable bonds is 8. The highest BCUT2D eigenvalue weighted by molar-refractivity contribution is 6.46. The van der Waals surface area contributed by atoms with E-state index in [-0.39, 0.29) is 11.3 Å². The van der Waals surface area contributed by atoms with E-state index in [0.29, 0.717) is 23.6 Å². The minimum Gasteiger partial charge on any atom is -0.507 e. The molecule has 1 N–H and O–H groups in total. The molecular weight excluding hydrogens is 368 g/mol. The van der Waals surface area contributed by atoms with Gasteiger partial charge in [-0.15, -0.1) is 0 Å². The number of aliphatic hydroxyl groups is 1. The van der Waals surface area contributed by atoms with Crippen LogP contribution in [-0.2, 0) is 9.59 Å². The molecule has 1 fully saturated rings. The summed E-state index contributed by atoms with van der Waals surface area (Å²) >= 11 is 0. The number of carbonyl (C=O) groups excluding carboxylic acids is 2. The van der Waals surface area contributed by atoms with Crippen LogP contribution in [0.5, 0.6) is 0 Å². The molecule has 0 aliphatic carbocycles. The van der Waals surface area contributed by atoms with Crippen LogP contribution in [0.4, 0.5) is 0 Å². The van der Waals surface area contributed by atoms with Crippen molar-refractivity contribution in [3.05, 3.63) is 65.1 Å². The molecule has 6 heteroatoms. The zero-order valence-electron chi connectivity index (χ0n) is 17.2. The quantitative estimate of drug-likeness (QED) is 0.418. The van der Waals surface area contributed by atoms with Crippen LogP contribution < -0.4 is 0 Å². The van der Waals surface area contributed by atoms with Crippen molar-refractivity contribution in [1.29, 1.82) is 0 Å². The first-order valence-corrected chi connectivity index (χ1v) is 10.1. The van der Waals surface area contributed by atoms with Crippen molar-refractivity contribution in [2.45, 2.75) is 33.2 Å². The molecule has 0 bridgehead atoms. The summed E-state index contributed by atoms with van der Waals surface area (Å²) in [5.41, 5.74) is 0.584. The smallest absolute Gasteiger partial charge is 0.295 e. The van der Waals surface area contributed by atoms with Crippen molar-refractivity contribution in [2.24, 2.45) is 0 Å². The van der Waals surface area contributed by atoms with Crippen LogP contribution in [0, 0.1) is 6.92 Å². The number of hydrogen-bond donors (Lipinski definition) is 1. The fourth-order valence-corrected chi connectivity index (χ4v) is 3.76. The van der Waals surface area contributed by atoms with Gasteiger partial charge in [-0.3, -0.25) is 9.59 Å². The molecule has 0 spiro atoms. The Morgan fingerprint density at radius 2 is 1.79 bits per heavy atom. The third-order valence-electron chi connectivity index (χ3n) is 5.39. The maximum atomic E-state index is 12.9. The van der Waals surface area contributed by atoms with Gasteiger partial charge in [-0.2, -0.15) is 0 Å². The van der Waals surface area contributed by atoms with Crippen LogP contribution in [-0.4, -0.2) is 52.8 Å². The number of likely N-dealkylation sites (tertiary alicyclic amines) is 1. The van der Waals surface area contributed by atoms with Crippen molar-refractivity contribution in [3.63, 3.8) is 0 Å². The molecule has 29 heavy (non-hydrogen) atoms. The van der Waals surface area contributed by atoms with E-state index in [9.17, 15) is 14.7 Å². The summed E-state index contributed by atoms with van der Waals surface area (Å²) < 4.78 is 5.78. The summed E-state index contributed by atoms with van der Waals surface area (Å²) in [6, 6.07) is 11.7. The Morgan fingerprint density at radius 1 is 1.10 bits per heavy atom. The van der Waals surface area contributed by atoms with E-state index in [1.165, 1.54) is 4.90 Å². The highest BCUT2D eigenvalue weighted by Crippen LogP contribution is 2.40. The lowest BCUT2D eigenvalue weighted by Crippen LogP contribution is -2.33. The van der Waals surface area contributed by atoms with Gasteiger partial charge in [0.2, 0.25) is 0 Å². The molecule has 1 aromatic heterocycles. The minimum absolute atomic E-state index is 0.0818. The van der Waals surface area contributed by atoms with Gasteiger partial charge >= 0.3 is 0 Å². The predicted molar refractivity (Wildman–Crippen MR) is 111 cm³/mol. The van der Waals surface area contributed by atoms with E-state index in [0.717, 1.165) is 26.1 Å². The molecule has 1 aromatic carbocycles.